The number of likely N-dealkylation sites (tertiary alicyclic amines) is 1. The number of nitrogens with zero attached hydrogens (tertiary/aromatic N) is 3. The van der Waals surface area contributed by atoms with Crippen LogP contribution in [0, 0.1) is 0 Å². The van der Waals surface area contributed by atoms with Crippen molar-refractivity contribution < 1.29 is 4.79 Å². The number of rotatable bonds is 1. The van der Waals surface area contributed by atoms with Crippen LogP contribution in [0.25, 0.3) is 0 Å². The lowest BCUT2D eigenvalue weighted by Gasteiger charge is -2.37. The van der Waals surface area contributed by atoms with Crippen LogP contribution in [0.5, 0.6) is 0 Å². The molecule has 1 N–H and O–H groups in total. The first-order valence-corrected chi connectivity index (χ1v) is 7.49. The SMILES string of the molecule is O=C(N1CCNCC1)N1CCC(c2ccncc2)CC1. The lowest BCUT2D eigenvalue weighted by molar-refractivity contribution is 0.134. The number of hydrogen-bond donors (Lipinski definition) is 1. The molecule has 0 radical (unpaired) electrons. The molecule has 20 heavy (non-hydrogen) atoms. The first-order chi connectivity index (χ1) is 9.84. The summed E-state index contributed by atoms with van der Waals surface area (Å²) in [7, 11) is 0. The van der Waals surface area contributed by atoms with Crippen LogP contribution in [0.15, 0.2) is 24.5 Å². The molecule has 2 saturated heterocycles. The van der Waals surface area contributed by atoms with Crippen LogP contribution in [0.2, 0.25) is 0 Å². The minimum absolute atomic E-state index is 0.222. The average molecular weight is 274 g/mol. The van der Waals surface area contributed by atoms with Crippen molar-refractivity contribution in [1.82, 2.24) is 20.1 Å². The highest BCUT2D eigenvalue weighted by Crippen LogP contribution is 2.27. The number of urea groups is 1. The average Bonchev–Trinajstić information content (AvgIpc) is 2.56. The molecule has 0 unspecified atom stereocenters. The van der Waals surface area contributed by atoms with Crippen LogP contribution in [-0.4, -0.2) is 60.1 Å². The van der Waals surface area contributed by atoms with Crippen LogP contribution in [0.4, 0.5) is 4.79 Å². The molecular formula is C15H22N4O. The second kappa shape index (κ2) is 6.22. The third-order valence-electron chi connectivity index (χ3n) is 4.33. The van der Waals surface area contributed by atoms with Gasteiger partial charge in [-0.05, 0) is 36.5 Å². The fraction of sp³-hybridized carbons (Fsp3) is 0.600. The molecule has 0 aliphatic carbocycles. The number of amides is 2. The van der Waals surface area contributed by atoms with Gasteiger partial charge in [0, 0.05) is 51.7 Å². The van der Waals surface area contributed by atoms with Crippen LogP contribution in [-0.2, 0) is 0 Å². The van der Waals surface area contributed by atoms with Gasteiger partial charge in [-0.1, -0.05) is 0 Å². The Kier molecular flexibility index (Phi) is 4.16. The van der Waals surface area contributed by atoms with Gasteiger partial charge in [0.05, 0.1) is 0 Å². The number of pyridine rings is 1. The van der Waals surface area contributed by atoms with Gasteiger partial charge in [-0.3, -0.25) is 4.98 Å². The minimum Gasteiger partial charge on any atom is -0.325 e. The summed E-state index contributed by atoms with van der Waals surface area (Å²) in [5.74, 6) is 0.574. The minimum atomic E-state index is 0.222. The molecule has 0 bridgehead atoms. The first kappa shape index (κ1) is 13.4. The van der Waals surface area contributed by atoms with Crippen LogP contribution >= 0.6 is 0 Å². The van der Waals surface area contributed by atoms with E-state index in [2.05, 4.69) is 22.4 Å². The summed E-state index contributed by atoms with van der Waals surface area (Å²) in [6, 6.07) is 4.41. The van der Waals surface area contributed by atoms with E-state index in [1.165, 1.54) is 5.56 Å². The molecule has 108 valence electrons. The summed E-state index contributed by atoms with van der Waals surface area (Å²) in [5, 5.41) is 3.28. The summed E-state index contributed by atoms with van der Waals surface area (Å²) in [4.78, 5) is 20.5. The van der Waals surface area contributed by atoms with Gasteiger partial charge in [0.15, 0.2) is 0 Å². The molecule has 0 aromatic carbocycles. The lowest BCUT2D eigenvalue weighted by Crippen LogP contribution is -2.52. The Morgan fingerprint density at radius 3 is 2.30 bits per heavy atom. The van der Waals surface area contributed by atoms with E-state index >= 15 is 0 Å². The fourth-order valence-electron chi connectivity index (χ4n) is 3.10. The Morgan fingerprint density at radius 2 is 1.65 bits per heavy atom. The standard InChI is InChI=1S/C15H22N4O/c20-15(19-11-7-17-8-12-19)18-9-3-14(4-10-18)13-1-5-16-6-2-13/h1-2,5-6,14,17H,3-4,7-12H2. The van der Waals surface area contributed by atoms with E-state index in [0.717, 1.165) is 52.1 Å². The number of piperidine rings is 1. The molecular weight excluding hydrogens is 252 g/mol. The summed E-state index contributed by atoms with van der Waals surface area (Å²) < 4.78 is 0. The highest BCUT2D eigenvalue weighted by molar-refractivity contribution is 5.74. The van der Waals surface area contributed by atoms with E-state index in [1.54, 1.807) is 0 Å². The van der Waals surface area contributed by atoms with E-state index < -0.39 is 0 Å². The van der Waals surface area contributed by atoms with E-state index in [4.69, 9.17) is 0 Å². The monoisotopic (exact) mass is 274 g/mol. The van der Waals surface area contributed by atoms with Gasteiger partial charge in [-0.15, -0.1) is 0 Å². The molecule has 3 heterocycles. The number of carbonyl (C=O) groups is 1. The van der Waals surface area contributed by atoms with Gasteiger partial charge in [-0.25, -0.2) is 4.79 Å². The van der Waals surface area contributed by atoms with Gasteiger partial charge in [0.2, 0.25) is 0 Å². The molecule has 2 fully saturated rings. The maximum Gasteiger partial charge on any atom is 0.320 e. The maximum absolute atomic E-state index is 12.4. The van der Waals surface area contributed by atoms with Gasteiger partial charge < -0.3 is 15.1 Å². The highest BCUT2D eigenvalue weighted by Gasteiger charge is 2.27. The Bertz CT molecular complexity index is 436. The molecule has 0 spiro atoms. The number of piperazine rings is 1. The predicted octanol–water partition coefficient (Wildman–Crippen LogP) is 1.29. The smallest absolute Gasteiger partial charge is 0.320 e. The van der Waals surface area contributed by atoms with Gasteiger partial charge >= 0.3 is 6.03 Å². The van der Waals surface area contributed by atoms with Crippen molar-refractivity contribution in [3.8, 4) is 0 Å². The molecule has 3 rings (SSSR count). The molecule has 5 heteroatoms. The van der Waals surface area contributed by atoms with Crippen molar-refractivity contribution in [3.05, 3.63) is 30.1 Å². The molecule has 2 aliphatic heterocycles. The third kappa shape index (κ3) is 2.93. The largest absolute Gasteiger partial charge is 0.325 e. The second-order valence-electron chi connectivity index (χ2n) is 5.56. The first-order valence-electron chi connectivity index (χ1n) is 7.49. The molecule has 1 aromatic rings. The molecule has 0 saturated carbocycles. The molecule has 2 amide bonds. The lowest BCUT2D eigenvalue weighted by atomic mass is 9.90. The Balaban J connectivity index is 1.54. The number of carbonyl (C=O) groups excluding carboxylic acids is 1. The second-order valence-corrected chi connectivity index (χ2v) is 5.56. The van der Waals surface area contributed by atoms with Crippen LogP contribution in [0.1, 0.15) is 24.3 Å². The van der Waals surface area contributed by atoms with Crippen molar-refractivity contribution in [2.75, 3.05) is 39.3 Å². The zero-order chi connectivity index (χ0) is 13.8. The highest BCUT2D eigenvalue weighted by atomic mass is 16.2. The summed E-state index contributed by atoms with van der Waals surface area (Å²) in [6.07, 6.45) is 5.82. The van der Waals surface area contributed by atoms with Gasteiger partial charge in [0.25, 0.3) is 0 Å². The van der Waals surface area contributed by atoms with Gasteiger partial charge in [-0.2, -0.15) is 0 Å². The van der Waals surface area contributed by atoms with Crippen LogP contribution < -0.4 is 5.32 Å². The maximum atomic E-state index is 12.4. The Labute approximate surface area is 120 Å². The third-order valence-corrected chi connectivity index (χ3v) is 4.33. The predicted molar refractivity (Wildman–Crippen MR) is 77.6 cm³/mol. The Morgan fingerprint density at radius 1 is 1.05 bits per heavy atom. The number of aromatic nitrogens is 1. The zero-order valence-corrected chi connectivity index (χ0v) is 11.8. The normalized spacial score (nSPS) is 21.0. The van der Waals surface area contributed by atoms with Crippen molar-refractivity contribution in [2.45, 2.75) is 18.8 Å². The zero-order valence-electron chi connectivity index (χ0n) is 11.8. The van der Waals surface area contributed by atoms with E-state index in [0.29, 0.717) is 5.92 Å². The topological polar surface area (TPSA) is 48.5 Å². The van der Waals surface area contributed by atoms with E-state index in [1.807, 2.05) is 22.2 Å². The van der Waals surface area contributed by atoms with E-state index in [9.17, 15) is 4.79 Å². The summed E-state index contributed by atoms with van der Waals surface area (Å²) in [5.41, 5.74) is 1.36. The number of hydrogen-bond acceptors (Lipinski definition) is 3. The molecule has 5 nitrogen and oxygen atoms in total. The summed E-state index contributed by atoms with van der Waals surface area (Å²) >= 11 is 0. The fourth-order valence-corrected chi connectivity index (χ4v) is 3.10. The van der Waals surface area contributed by atoms with Crippen molar-refractivity contribution in [3.63, 3.8) is 0 Å². The Hall–Kier alpha value is -1.62. The van der Waals surface area contributed by atoms with Crippen LogP contribution in [0.3, 0.4) is 0 Å². The van der Waals surface area contributed by atoms with Crippen molar-refractivity contribution in [2.24, 2.45) is 0 Å². The number of nitrogens with one attached hydrogen (secondary N) is 1. The molecule has 0 atom stereocenters. The van der Waals surface area contributed by atoms with Gasteiger partial charge in [0.1, 0.15) is 0 Å². The van der Waals surface area contributed by atoms with E-state index in [-0.39, 0.29) is 6.03 Å². The van der Waals surface area contributed by atoms with Crippen molar-refractivity contribution in [1.29, 1.82) is 0 Å². The summed E-state index contributed by atoms with van der Waals surface area (Å²) in [6.45, 7) is 5.25. The molecule has 2 aliphatic rings. The van der Waals surface area contributed by atoms with Crippen molar-refractivity contribution >= 4 is 6.03 Å². The molecule has 1 aromatic heterocycles. The quantitative estimate of drug-likeness (QED) is 0.839.